The topological polar surface area (TPSA) is 37.3 Å². The summed E-state index contributed by atoms with van der Waals surface area (Å²) in [7, 11) is 0. The molecule has 0 saturated heterocycles. The summed E-state index contributed by atoms with van der Waals surface area (Å²) in [6.07, 6.45) is 10.8. The lowest BCUT2D eigenvalue weighted by Crippen LogP contribution is -2.44. The molecule has 0 aromatic rings. The minimum absolute atomic E-state index is 0.0725. The van der Waals surface area contributed by atoms with Crippen LogP contribution in [-0.4, -0.2) is 17.0 Å². The van der Waals surface area contributed by atoms with Crippen LogP contribution in [0.5, 0.6) is 0 Å². The molecule has 0 aromatic heterocycles. The van der Waals surface area contributed by atoms with Gasteiger partial charge in [-0.2, -0.15) is 0 Å². The van der Waals surface area contributed by atoms with E-state index < -0.39 is 0 Å². The summed E-state index contributed by atoms with van der Waals surface area (Å²) < 4.78 is 0. The van der Waals surface area contributed by atoms with Crippen LogP contribution >= 0.6 is 0 Å². The highest BCUT2D eigenvalue weighted by Gasteiger charge is 2.58. The Balaban J connectivity index is 1.67. The van der Waals surface area contributed by atoms with E-state index in [0.717, 1.165) is 43.9 Å². The minimum Gasteiger partial charge on any atom is -0.393 e. The maximum atomic E-state index is 11.7. The van der Waals surface area contributed by atoms with Gasteiger partial charge in [-0.05, 0) is 80.1 Å². The molecule has 0 unspecified atom stereocenters. The lowest BCUT2D eigenvalue weighted by Gasteiger charge is -2.48. The SMILES string of the molecule is CC[C@]12CC[C@@H]3[C@@H](CC4=CC(=O)CC[C@H]43)[C@@H]1CC[C@@H]2O. The number of aliphatic hydroxyl groups is 1. The quantitative estimate of drug-likeness (QED) is 0.794. The van der Waals surface area contributed by atoms with Crippen LogP contribution in [0.4, 0.5) is 0 Å². The zero-order valence-electron chi connectivity index (χ0n) is 12.5. The molecule has 0 heterocycles. The molecule has 4 aliphatic rings. The Hall–Kier alpha value is -0.630. The van der Waals surface area contributed by atoms with Crippen molar-refractivity contribution in [3.05, 3.63) is 11.6 Å². The highest BCUT2D eigenvalue weighted by atomic mass is 16.3. The average molecular weight is 274 g/mol. The third-order valence-corrected chi connectivity index (χ3v) is 7.33. The van der Waals surface area contributed by atoms with Crippen LogP contribution < -0.4 is 0 Å². The maximum Gasteiger partial charge on any atom is 0.155 e. The van der Waals surface area contributed by atoms with E-state index in [-0.39, 0.29) is 11.5 Å². The minimum atomic E-state index is -0.0725. The van der Waals surface area contributed by atoms with Gasteiger partial charge in [0.2, 0.25) is 0 Å². The number of rotatable bonds is 1. The van der Waals surface area contributed by atoms with Crippen molar-refractivity contribution in [3.63, 3.8) is 0 Å². The molecule has 4 rings (SSSR count). The Morgan fingerprint density at radius 1 is 1.25 bits per heavy atom. The summed E-state index contributed by atoms with van der Waals surface area (Å²) in [4.78, 5) is 11.7. The third kappa shape index (κ3) is 1.57. The second-order valence-corrected chi connectivity index (χ2v) is 7.69. The van der Waals surface area contributed by atoms with Crippen LogP contribution in [0, 0.1) is 29.1 Å². The van der Waals surface area contributed by atoms with Crippen LogP contribution in [0.3, 0.4) is 0 Å². The fraction of sp³-hybridized carbons (Fsp3) is 0.833. The first-order valence-electron chi connectivity index (χ1n) is 8.57. The fourth-order valence-corrected chi connectivity index (χ4v) is 6.41. The molecule has 0 radical (unpaired) electrons. The van der Waals surface area contributed by atoms with E-state index in [9.17, 15) is 9.90 Å². The van der Waals surface area contributed by atoms with E-state index >= 15 is 0 Å². The lowest BCUT2D eigenvalue weighted by molar-refractivity contribution is -0.115. The van der Waals surface area contributed by atoms with Crippen molar-refractivity contribution >= 4 is 5.78 Å². The van der Waals surface area contributed by atoms with Gasteiger partial charge in [0.15, 0.2) is 5.78 Å². The van der Waals surface area contributed by atoms with Gasteiger partial charge in [-0.25, -0.2) is 0 Å². The molecule has 1 N–H and O–H groups in total. The van der Waals surface area contributed by atoms with Crippen molar-refractivity contribution in [2.45, 2.75) is 64.4 Å². The summed E-state index contributed by atoms with van der Waals surface area (Å²) >= 11 is 0. The Kier molecular flexibility index (Phi) is 2.89. The summed E-state index contributed by atoms with van der Waals surface area (Å²) in [5.74, 6) is 3.32. The molecule has 110 valence electrons. The van der Waals surface area contributed by atoms with Crippen LogP contribution in [0.25, 0.3) is 0 Å². The van der Waals surface area contributed by atoms with Crippen molar-refractivity contribution in [2.75, 3.05) is 0 Å². The van der Waals surface area contributed by atoms with Gasteiger partial charge in [-0.3, -0.25) is 4.79 Å². The van der Waals surface area contributed by atoms with E-state index in [1.807, 2.05) is 6.08 Å². The zero-order chi connectivity index (χ0) is 13.9. The standard InChI is InChI=1S/C18H26O2/c1-2-18-8-7-14-13-4-3-12(19)9-11(13)10-15(14)16(18)5-6-17(18)20/h9,13-17,20H,2-8,10H2,1H3/t13-,14+,15-,16+,17+,18+/m1/s1. The number of aliphatic hydroxyl groups excluding tert-OH is 1. The number of carbonyl (C=O) groups is 1. The van der Waals surface area contributed by atoms with Gasteiger partial charge in [-0.1, -0.05) is 12.5 Å². The second-order valence-electron chi connectivity index (χ2n) is 7.69. The average Bonchev–Trinajstić information content (AvgIpc) is 2.96. The molecule has 4 aliphatic carbocycles. The van der Waals surface area contributed by atoms with Crippen molar-refractivity contribution in [3.8, 4) is 0 Å². The first-order chi connectivity index (χ1) is 9.65. The molecular weight excluding hydrogens is 248 g/mol. The molecule has 6 atom stereocenters. The van der Waals surface area contributed by atoms with Crippen molar-refractivity contribution in [1.29, 1.82) is 0 Å². The smallest absolute Gasteiger partial charge is 0.155 e. The van der Waals surface area contributed by atoms with E-state index in [4.69, 9.17) is 0 Å². The number of carbonyl (C=O) groups excluding carboxylic acids is 1. The Morgan fingerprint density at radius 3 is 2.90 bits per heavy atom. The van der Waals surface area contributed by atoms with Gasteiger partial charge in [0.05, 0.1) is 6.10 Å². The van der Waals surface area contributed by atoms with Gasteiger partial charge in [0, 0.05) is 6.42 Å². The molecule has 2 nitrogen and oxygen atoms in total. The number of allylic oxidation sites excluding steroid dienone is 2. The molecule has 20 heavy (non-hydrogen) atoms. The zero-order valence-corrected chi connectivity index (χ0v) is 12.5. The largest absolute Gasteiger partial charge is 0.393 e. The monoisotopic (exact) mass is 274 g/mol. The summed E-state index contributed by atoms with van der Waals surface area (Å²) in [6, 6.07) is 0. The third-order valence-electron chi connectivity index (χ3n) is 7.33. The van der Waals surface area contributed by atoms with Crippen molar-refractivity contribution in [2.24, 2.45) is 29.1 Å². The molecular formula is C18H26O2. The van der Waals surface area contributed by atoms with E-state index in [1.165, 1.54) is 24.8 Å². The fourth-order valence-electron chi connectivity index (χ4n) is 6.41. The summed E-state index contributed by atoms with van der Waals surface area (Å²) in [5.41, 5.74) is 1.67. The van der Waals surface area contributed by atoms with E-state index in [2.05, 4.69) is 6.92 Å². The molecule has 0 aliphatic heterocycles. The first kappa shape index (κ1) is 13.1. The van der Waals surface area contributed by atoms with Crippen LogP contribution in [0.2, 0.25) is 0 Å². The molecule has 0 spiro atoms. The normalized spacial score (nSPS) is 50.4. The number of ketones is 1. The molecule has 3 saturated carbocycles. The molecule has 0 bridgehead atoms. The number of hydrogen-bond acceptors (Lipinski definition) is 2. The number of fused-ring (bicyclic) bond motifs is 5. The Bertz CT molecular complexity index is 466. The van der Waals surface area contributed by atoms with Gasteiger partial charge in [-0.15, -0.1) is 0 Å². The Morgan fingerprint density at radius 2 is 2.10 bits per heavy atom. The van der Waals surface area contributed by atoms with Crippen molar-refractivity contribution < 1.29 is 9.90 Å². The van der Waals surface area contributed by atoms with E-state index in [1.54, 1.807) is 0 Å². The highest BCUT2D eigenvalue weighted by molar-refractivity contribution is 5.91. The van der Waals surface area contributed by atoms with Crippen molar-refractivity contribution in [1.82, 2.24) is 0 Å². The van der Waals surface area contributed by atoms with Gasteiger partial charge in [0.25, 0.3) is 0 Å². The maximum absolute atomic E-state index is 11.7. The first-order valence-corrected chi connectivity index (χ1v) is 8.57. The molecule has 0 aromatic carbocycles. The summed E-state index contributed by atoms with van der Waals surface area (Å²) in [6.45, 7) is 2.27. The predicted octanol–water partition coefficient (Wildman–Crippen LogP) is 3.49. The van der Waals surface area contributed by atoms with Gasteiger partial charge in [0.1, 0.15) is 0 Å². The summed E-state index contributed by atoms with van der Waals surface area (Å²) in [5, 5.41) is 10.5. The highest BCUT2D eigenvalue weighted by Crippen LogP contribution is 2.64. The molecule has 2 heteroatoms. The molecule has 0 amide bonds. The van der Waals surface area contributed by atoms with Gasteiger partial charge >= 0.3 is 0 Å². The van der Waals surface area contributed by atoms with Crippen LogP contribution in [-0.2, 0) is 4.79 Å². The van der Waals surface area contributed by atoms with Crippen LogP contribution in [0.1, 0.15) is 58.3 Å². The predicted molar refractivity (Wildman–Crippen MR) is 78.1 cm³/mol. The lowest BCUT2D eigenvalue weighted by atomic mass is 9.57. The molecule has 3 fully saturated rings. The van der Waals surface area contributed by atoms with Crippen LogP contribution in [0.15, 0.2) is 11.6 Å². The Labute approximate surface area is 121 Å². The second kappa shape index (κ2) is 4.43. The van der Waals surface area contributed by atoms with E-state index in [0.29, 0.717) is 17.6 Å². The number of hydrogen-bond donors (Lipinski definition) is 1. The van der Waals surface area contributed by atoms with Gasteiger partial charge < -0.3 is 5.11 Å².